The minimum atomic E-state index is -0.797. The van der Waals surface area contributed by atoms with E-state index in [1.807, 2.05) is 48.5 Å². The standard InChI is InChI=1S/C25H23N3O3/c1-25(2,3)31-24(29)30-23-17-21(27-28(23)22-14-7-8-15-26-22)20-13-9-12-19(16-20)18-10-5-4-6-11-18/h4-17H,1-3H3. The number of nitrogens with zero attached hydrogens (tertiary/aromatic N) is 3. The maximum Gasteiger partial charge on any atom is 0.515 e. The number of hydrogen-bond acceptors (Lipinski definition) is 5. The highest BCUT2D eigenvalue weighted by Crippen LogP contribution is 2.29. The van der Waals surface area contributed by atoms with Gasteiger partial charge in [0, 0.05) is 17.8 Å². The van der Waals surface area contributed by atoms with Crippen molar-refractivity contribution in [3.63, 3.8) is 0 Å². The van der Waals surface area contributed by atoms with E-state index in [1.54, 1.807) is 39.1 Å². The topological polar surface area (TPSA) is 66.2 Å². The highest BCUT2D eigenvalue weighted by molar-refractivity contribution is 5.72. The van der Waals surface area contributed by atoms with Crippen LogP contribution in [0, 0.1) is 0 Å². The summed E-state index contributed by atoms with van der Waals surface area (Å²) in [6.07, 6.45) is 0.860. The lowest BCUT2D eigenvalue weighted by atomic mass is 10.0. The van der Waals surface area contributed by atoms with Gasteiger partial charge in [-0.1, -0.05) is 54.6 Å². The second-order valence-corrected chi connectivity index (χ2v) is 7.98. The molecular formula is C25H23N3O3. The summed E-state index contributed by atoms with van der Waals surface area (Å²) in [7, 11) is 0. The zero-order valence-corrected chi connectivity index (χ0v) is 17.6. The Morgan fingerprint density at radius 2 is 1.55 bits per heavy atom. The molecular weight excluding hydrogens is 390 g/mol. The van der Waals surface area contributed by atoms with Crippen molar-refractivity contribution in [3.05, 3.63) is 85.1 Å². The number of carbonyl (C=O) groups is 1. The Morgan fingerprint density at radius 3 is 2.26 bits per heavy atom. The molecule has 4 rings (SSSR count). The van der Waals surface area contributed by atoms with Gasteiger partial charge in [-0.2, -0.15) is 9.78 Å². The van der Waals surface area contributed by atoms with Crippen LogP contribution >= 0.6 is 0 Å². The predicted octanol–water partition coefficient (Wildman–Crippen LogP) is 5.92. The number of hydrogen-bond donors (Lipinski definition) is 0. The van der Waals surface area contributed by atoms with Gasteiger partial charge in [-0.25, -0.2) is 9.78 Å². The molecule has 156 valence electrons. The molecule has 0 spiro atoms. The molecule has 2 aromatic heterocycles. The van der Waals surface area contributed by atoms with E-state index in [4.69, 9.17) is 9.47 Å². The third-order valence-corrected chi connectivity index (χ3v) is 4.39. The molecule has 0 unspecified atom stereocenters. The molecule has 0 aliphatic carbocycles. The van der Waals surface area contributed by atoms with Crippen molar-refractivity contribution in [1.29, 1.82) is 0 Å². The van der Waals surface area contributed by atoms with Crippen molar-refractivity contribution in [2.45, 2.75) is 26.4 Å². The lowest BCUT2D eigenvalue weighted by molar-refractivity contribution is 0.0192. The minimum Gasteiger partial charge on any atom is -0.428 e. The summed E-state index contributed by atoms with van der Waals surface area (Å²) >= 11 is 0. The largest absolute Gasteiger partial charge is 0.515 e. The van der Waals surface area contributed by atoms with E-state index in [0.717, 1.165) is 16.7 Å². The van der Waals surface area contributed by atoms with Crippen molar-refractivity contribution in [3.8, 4) is 34.1 Å². The highest BCUT2D eigenvalue weighted by atomic mass is 16.7. The van der Waals surface area contributed by atoms with Gasteiger partial charge >= 0.3 is 6.16 Å². The third-order valence-electron chi connectivity index (χ3n) is 4.39. The SMILES string of the molecule is CC(C)(C)OC(=O)Oc1cc(-c2cccc(-c3ccccc3)c2)nn1-c1ccccn1. The van der Waals surface area contributed by atoms with Gasteiger partial charge in [0.05, 0.1) is 5.69 Å². The van der Waals surface area contributed by atoms with Crippen LogP contribution in [0.3, 0.4) is 0 Å². The summed E-state index contributed by atoms with van der Waals surface area (Å²) < 4.78 is 12.3. The van der Waals surface area contributed by atoms with Crippen LogP contribution in [0.4, 0.5) is 4.79 Å². The Bertz CT molecular complexity index is 1180. The quantitative estimate of drug-likeness (QED) is 0.389. The van der Waals surface area contributed by atoms with Crippen LogP contribution < -0.4 is 4.74 Å². The summed E-state index contributed by atoms with van der Waals surface area (Å²) in [5.74, 6) is 0.764. The lowest BCUT2D eigenvalue weighted by Crippen LogP contribution is -2.26. The van der Waals surface area contributed by atoms with Gasteiger partial charge < -0.3 is 9.47 Å². The molecule has 0 amide bonds. The average Bonchev–Trinajstić information content (AvgIpc) is 3.17. The Kier molecular flexibility index (Phi) is 5.54. The molecule has 31 heavy (non-hydrogen) atoms. The number of aromatic nitrogens is 3. The van der Waals surface area contributed by atoms with Crippen molar-refractivity contribution in [2.75, 3.05) is 0 Å². The first kappa shape index (κ1) is 20.3. The van der Waals surface area contributed by atoms with Crippen LogP contribution in [0.2, 0.25) is 0 Å². The minimum absolute atomic E-state index is 0.230. The second-order valence-electron chi connectivity index (χ2n) is 7.98. The van der Waals surface area contributed by atoms with Crippen molar-refractivity contribution >= 4 is 6.16 Å². The average molecular weight is 413 g/mol. The number of ether oxygens (including phenoxy) is 2. The highest BCUT2D eigenvalue weighted by Gasteiger charge is 2.22. The zero-order valence-electron chi connectivity index (χ0n) is 17.6. The molecule has 6 nitrogen and oxygen atoms in total. The fourth-order valence-electron chi connectivity index (χ4n) is 3.07. The molecule has 0 saturated heterocycles. The first-order valence-corrected chi connectivity index (χ1v) is 9.97. The van der Waals surface area contributed by atoms with Gasteiger partial charge in [-0.05, 0) is 50.1 Å². The molecule has 4 aromatic rings. The molecule has 0 saturated carbocycles. The molecule has 2 heterocycles. The summed E-state index contributed by atoms with van der Waals surface area (Å²) in [5.41, 5.74) is 3.06. The van der Waals surface area contributed by atoms with Crippen LogP contribution in [0.5, 0.6) is 5.88 Å². The Hall–Kier alpha value is -3.93. The van der Waals surface area contributed by atoms with E-state index in [0.29, 0.717) is 11.5 Å². The molecule has 6 heteroatoms. The Labute approximate surface area is 181 Å². The van der Waals surface area contributed by atoms with Crippen LogP contribution in [0.25, 0.3) is 28.2 Å². The fraction of sp³-hybridized carbons (Fsp3) is 0.160. The van der Waals surface area contributed by atoms with Crippen molar-refractivity contribution < 1.29 is 14.3 Å². The van der Waals surface area contributed by atoms with Crippen LogP contribution in [0.15, 0.2) is 85.1 Å². The van der Waals surface area contributed by atoms with E-state index in [2.05, 4.69) is 28.3 Å². The van der Waals surface area contributed by atoms with Crippen LogP contribution in [0.1, 0.15) is 20.8 Å². The molecule has 0 aliphatic rings. The van der Waals surface area contributed by atoms with Gasteiger partial charge in [0.25, 0.3) is 0 Å². The number of carbonyl (C=O) groups excluding carboxylic acids is 1. The smallest absolute Gasteiger partial charge is 0.428 e. The number of pyridine rings is 1. The molecule has 0 N–H and O–H groups in total. The van der Waals surface area contributed by atoms with E-state index < -0.39 is 11.8 Å². The third kappa shape index (κ3) is 4.98. The molecule has 0 aliphatic heterocycles. The van der Waals surface area contributed by atoms with Crippen LogP contribution in [-0.4, -0.2) is 26.5 Å². The Morgan fingerprint density at radius 1 is 0.839 bits per heavy atom. The monoisotopic (exact) mass is 413 g/mol. The zero-order chi connectivity index (χ0) is 21.8. The maximum atomic E-state index is 12.3. The molecule has 0 atom stereocenters. The van der Waals surface area contributed by atoms with Gasteiger partial charge in [0.15, 0.2) is 5.82 Å². The number of benzene rings is 2. The molecule has 0 radical (unpaired) electrons. The first-order valence-electron chi connectivity index (χ1n) is 9.97. The summed E-state index contributed by atoms with van der Waals surface area (Å²) in [6, 6.07) is 25.3. The second kappa shape index (κ2) is 8.44. The van der Waals surface area contributed by atoms with E-state index >= 15 is 0 Å². The number of rotatable bonds is 4. The maximum absolute atomic E-state index is 12.3. The van der Waals surface area contributed by atoms with Crippen LogP contribution in [-0.2, 0) is 4.74 Å². The van der Waals surface area contributed by atoms with Crippen molar-refractivity contribution in [2.24, 2.45) is 0 Å². The normalized spacial score (nSPS) is 11.2. The Balaban J connectivity index is 1.73. The van der Waals surface area contributed by atoms with E-state index in [1.165, 1.54) is 4.68 Å². The summed E-state index contributed by atoms with van der Waals surface area (Å²) in [6.45, 7) is 5.35. The van der Waals surface area contributed by atoms with Gasteiger partial charge in [0.1, 0.15) is 5.60 Å². The van der Waals surface area contributed by atoms with Gasteiger partial charge in [-0.15, -0.1) is 0 Å². The van der Waals surface area contributed by atoms with E-state index in [9.17, 15) is 4.79 Å². The summed E-state index contributed by atoms with van der Waals surface area (Å²) in [5, 5.41) is 4.66. The van der Waals surface area contributed by atoms with Gasteiger partial charge in [-0.3, -0.25) is 0 Å². The fourth-order valence-corrected chi connectivity index (χ4v) is 3.07. The molecule has 0 fully saturated rings. The molecule has 0 bridgehead atoms. The molecule has 2 aromatic carbocycles. The van der Waals surface area contributed by atoms with E-state index in [-0.39, 0.29) is 5.88 Å². The lowest BCUT2D eigenvalue weighted by Gasteiger charge is -2.18. The van der Waals surface area contributed by atoms with Crippen molar-refractivity contribution in [1.82, 2.24) is 14.8 Å². The van der Waals surface area contributed by atoms with Gasteiger partial charge in [0.2, 0.25) is 5.88 Å². The first-order chi connectivity index (χ1) is 14.9. The summed E-state index contributed by atoms with van der Waals surface area (Å²) in [4.78, 5) is 16.6. The predicted molar refractivity (Wildman–Crippen MR) is 119 cm³/mol.